The van der Waals surface area contributed by atoms with Gasteiger partial charge in [-0.3, -0.25) is 4.79 Å². The molecule has 0 saturated carbocycles. The van der Waals surface area contributed by atoms with Gasteiger partial charge in [0.25, 0.3) is 0 Å². The first kappa shape index (κ1) is 23.0. The van der Waals surface area contributed by atoms with Crippen LogP contribution in [0.1, 0.15) is 52.5 Å². The number of esters is 1. The summed E-state index contributed by atoms with van der Waals surface area (Å²) in [6.45, 7) is 7.32. The zero-order chi connectivity index (χ0) is 20.4. The molecule has 0 unspecified atom stereocenters. The number of carbonyl (C=O) groups is 2. The van der Waals surface area contributed by atoms with Crippen LogP contribution >= 0.6 is 0 Å². The number of benzene rings is 1. The number of amides is 1. The van der Waals surface area contributed by atoms with Gasteiger partial charge >= 0.3 is 12.1 Å². The van der Waals surface area contributed by atoms with Gasteiger partial charge in [0, 0.05) is 0 Å². The van der Waals surface area contributed by atoms with Crippen LogP contribution in [0, 0.1) is 5.92 Å². The smallest absolute Gasteiger partial charge is 0.407 e. The Morgan fingerprint density at radius 1 is 1.19 bits per heavy atom. The fourth-order valence-corrected chi connectivity index (χ4v) is 2.91. The number of aliphatic hydroxyl groups is 1. The highest BCUT2D eigenvalue weighted by atomic mass is 16.6. The molecule has 1 rings (SSSR count). The summed E-state index contributed by atoms with van der Waals surface area (Å²) in [5, 5.41) is 13.5. The van der Waals surface area contributed by atoms with Crippen LogP contribution in [0.2, 0.25) is 0 Å². The van der Waals surface area contributed by atoms with Gasteiger partial charge in [0.15, 0.2) is 0 Å². The number of carbonyl (C=O) groups excluding carboxylic acids is 2. The van der Waals surface area contributed by atoms with E-state index in [4.69, 9.17) is 9.47 Å². The Bertz CT molecular complexity index is 582. The molecule has 152 valence electrons. The number of nitrogens with one attached hydrogen (secondary N) is 1. The number of aliphatic hydroxyl groups excluding tert-OH is 1. The molecule has 0 aromatic heterocycles. The predicted octanol–water partition coefficient (Wildman–Crippen LogP) is 3.46. The minimum Gasteiger partial charge on any atom is -0.469 e. The highest BCUT2D eigenvalue weighted by Crippen LogP contribution is 2.19. The maximum Gasteiger partial charge on any atom is 0.407 e. The third kappa shape index (κ3) is 8.91. The molecule has 0 bridgehead atoms. The standard InChI is InChI=1S/C21H33NO5/c1-6-10-16(19(24)26-5)14-18(23)17(13-15-11-8-7-9-12-15)22-20(25)27-21(2,3)4/h7-9,11-12,16-18,23H,6,10,13-14H2,1-5H3,(H,22,25)/t16-,17+,18+/m1/s1. The lowest BCUT2D eigenvalue weighted by Gasteiger charge is -2.28. The second-order valence-electron chi connectivity index (χ2n) is 7.75. The topological polar surface area (TPSA) is 84.9 Å². The van der Waals surface area contributed by atoms with E-state index in [2.05, 4.69) is 5.32 Å². The normalized spacial score (nSPS) is 14.7. The number of hydrogen-bond acceptors (Lipinski definition) is 5. The van der Waals surface area contributed by atoms with Gasteiger partial charge in [-0.2, -0.15) is 0 Å². The van der Waals surface area contributed by atoms with Crippen LogP contribution in [0.25, 0.3) is 0 Å². The van der Waals surface area contributed by atoms with Crippen LogP contribution in [0.3, 0.4) is 0 Å². The molecule has 0 saturated heterocycles. The van der Waals surface area contributed by atoms with Crippen LogP contribution in [0.15, 0.2) is 30.3 Å². The summed E-state index contributed by atoms with van der Waals surface area (Å²) in [5.74, 6) is -0.750. The number of methoxy groups -OCH3 is 1. The van der Waals surface area contributed by atoms with E-state index in [0.29, 0.717) is 12.8 Å². The third-order valence-corrected chi connectivity index (χ3v) is 4.16. The van der Waals surface area contributed by atoms with E-state index in [-0.39, 0.29) is 12.4 Å². The highest BCUT2D eigenvalue weighted by molar-refractivity contribution is 5.72. The van der Waals surface area contributed by atoms with Crippen molar-refractivity contribution in [2.75, 3.05) is 7.11 Å². The third-order valence-electron chi connectivity index (χ3n) is 4.16. The lowest BCUT2D eigenvalue weighted by atomic mass is 9.91. The Morgan fingerprint density at radius 3 is 2.33 bits per heavy atom. The number of hydrogen-bond donors (Lipinski definition) is 2. The summed E-state index contributed by atoms with van der Waals surface area (Å²) in [7, 11) is 1.35. The quantitative estimate of drug-likeness (QED) is 0.642. The van der Waals surface area contributed by atoms with Crippen molar-refractivity contribution >= 4 is 12.1 Å². The number of ether oxygens (including phenoxy) is 2. The van der Waals surface area contributed by atoms with Crippen LogP contribution in [0.5, 0.6) is 0 Å². The van der Waals surface area contributed by atoms with E-state index in [1.165, 1.54) is 7.11 Å². The van der Waals surface area contributed by atoms with Crippen molar-refractivity contribution in [2.24, 2.45) is 5.92 Å². The molecule has 0 radical (unpaired) electrons. The van der Waals surface area contributed by atoms with E-state index < -0.39 is 29.8 Å². The molecule has 6 nitrogen and oxygen atoms in total. The molecule has 0 aliphatic rings. The SMILES string of the molecule is CCC[C@H](C[C@H](O)[C@H](Cc1ccccc1)NC(=O)OC(C)(C)C)C(=O)OC. The van der Waals surface area contributed by atoms with E-state index in [1.54, 1.807) is 20.8 Å². The van der Waals surface area contributed by atoms with Crippen molar-refractivity contribution in [2.45, 2.75) is 71.1 Å². The average molecular weight is 379 g/mol. The maximum absolute atomic E-state index is 12.2. The molecule has 27 heavy (non-hydrogen) atoms. The monoisotopic (exact) mass is 379 g/mol. The van der Waals surface area contributed by atoms with Gasteiger partial charge in [0.05, 0.1) is 25.2 Å². The molecule has 1 aromatic carbocycles. The van der Waals surface area contributed by atoms with Crippen molar-refractivity contribution in [3.63, 3.8) is 0 Å². The van der Waals surface area contributed by atoms with Gasteiger partial charge in [0.1, 0.15) is 5.60 Å². The Hall–Kier alpha value is -2.08. The zero-order valence-electron chi connectivity index (χ0n) is 17.0. The maximum atomic E-state index is 12.2. The van der Waals surface area contributed by atoms with E-state index in [9.17, 15) is 14.7 Å². The van der Waals surface area contributed by atoms with Gasteiger partial charge in [-0.25, -0.2) is 4.79 Å². The lowest BCUT2D eigenvalue weighted by Crippen LogP contribution is -2.47. The molecule has 0 fully saturated rings. The molecule has 2 N–H and O–H groups in total. The molecule has 0 spiro atoms. The van der Waals surface area contributed by atoms with Crippen molar-refractivity contribution in [1.29, 1.82) is 0 Å². The fourth-order valence-electron chi connectivity index (χ4n) is 2.91. The zero-order valence-corrected chi connectivity index (χ0v) is 17.0. The second-order valence-corrected chi connectivity index (χ2v) is 7.75. The van der Waals surface area contributed by atoms with Crippen molar-refractivity contribution in [1.82, 2.24) is 5.32 Å². The van der Waals surface area contributed by atoms with Crippen molar-refractivity contribution in [3.05, 3.63) is 35.9 Å². The molecule has 1 aromatic rings. The first-order valence-electron chi connectivity index (χ1n) is 9.45. The Morgan fingerprint density at radius 2 is 1.81 bits per heavy atom. The molecule has 1 amide bonds. The summed E-state index contributed by atoms with van der Waals surface area (Å²) in [6.07, 6.45) is 0.569. The Balaban J connectivity index is 2.90. The van der Waals surface area contributed by atoms with Crippen LogP contribution in [-0.2, 0) is 20.7 Å². The largest absolute Gasteiger partial charge is 0.469 e. The summed E-state index contributed by atoms with van der Waals surface area (Å²) in [5.41, 5.74) is 0.339. The van der Waals surface area contributed by atoms with Gasteiger partial charge in [0.2, 0.25) is 0 Å². The van der Waals surface area contributed by atoms with Crippen molar-refractivity contribution in [3.8, 4) is 0 Å². The molecule has 0 aliphatic heterocycles. The first-order valence-corrected chi connectivity index (χ1v) is 9.45. The van der Waals surface area contributed by atoms with Crippen molar-refractivity contribution < 1.29 is 24.2 Å². The lowest BCUT2D eigenvalue weighted by molar-refractivity contribution is -0.147. The first-order chi connectivity index (χ1) is 12.7. The summed E-state index contributed by atoms with van der Waals surface area (Å²) >= 11 is 0. The van der Waals surface area contributed by atoms with E-state index in [1.807, 2.05) is 37.3 Å². The molecular weight excluding hydrogens is 346 g/mol. The van der Waals surface area contributed by atoms with Gasteiger partial charge in [-0.1, -0.05) is 43.7 Å². The van der Waals surface area contributed by atoms with Crippen LogP contribution in [0.4, 0.5) is 4.79 Å². The van der Waals surface area contributed by atoms with Gasteiger partial charge < -0.3 is 19.9 Å². The van der Waals surface area contributed by atoms with Gasteiger partial charge in [-0.15, -0.1) is 0 Å². The molecule has 0 aliphatic carbocycles. The molecule has 6 heteroatoms. The molecule has 0 heterocycles. The van der Waals surface area contributed by atoms with Gasteiger partial charge in [-0.05, 0) is 45.6 Å². The Labute approximate surface area is 162 Å². The number of alkyl carbamates (subject to hydrolysis) is 1. The molecule has 3 atom stereocenters. The Kier molecular flexibility index (Phi) is 9.29. The minimum absolute atomic E-state index is 0.216. The summed E-state index contributed by atoms with van der Waals surface area (Å²) in [6, 6.07) is 9.00. The summed E-state index contributed by atoms with van der Waals surface area (Å²) < 4.78 is 10.2. The van der Waals surface area contributed by atoms with Crippen LogP contribution in [-0.4, -0.2) is 42.0 Å². The van der Waals surface area contributed by atoms with Crippen LogP contribution < -0.4 is 5.32 Å². The van der Waals surface area contributed by atoms with E-state index in [0.717, 1.165) is 12.0 Å². The van der Waals surface area contributed by atoms with E-state index >= 15 is 0 Å². The fraction of sp³-hybridized carbons (Fsp3) is 0.619. The average Bonchev–Trinajstić information content (AvgIpc) is 2.59. The highest BCUT2D eigenvalue weighted by Gasteiger charge is 2.29. The minimum atomic E-state index is -0.909. The number of rotatable bonds is 9. The summed E-state index contributed by atoms with van der Waals surface area (Å²) in [4.78, 5) is 24.2. The molecular formula is C21H33NO5. The second kappa shape index (κ2) is 10.9. The predicted molar refractivity (Wildman–Crippen MR) is 104 cm³/mol.